The van der Waals surface area contributed by atoms with Crippen LogP contribution in [0.1, 0.15) is 19.5 Å². The summed E-state index contributed by atoms with van der Waals surface area (Å²) in [5, 5.41) is 4.29. The SMILES string of the molecule is CCN(CC)C(=O)CNc1cc(C)nc2ccccc12. The van der Waals surface area contributed by atoms with Crippen LogP contribution in [0.4, 0.5) is 5.69 Å². The predicted molar refractivity (Wildman–Crippen MR) is 82.9 cm³/mol. The molecule has 0 aliphatic heterocycles. The van der Waals surface area contributed by atoms with Crippen molar-refractivity contribution in [3.05, 3.63) is 36.0 Å². The molecular weight excluding hydrogens is 250 g/mol. The lowest BCUT2D eigenvalue weighted by molar-refractivity contribution is -0.128. The van der Waals surface area contributed by atoms with Gasteiger partial charge in [-0.1, -0.05) is 18.2 Å². The van der Waals surface area contributed by atoms with E-state index in [2.05, 4.69) is 10.3 Å². The Kier molecular flexibility index (Phi) is 4.56. The Morgan fingerprint density at radius 2 is 1.95 bits per heavy atom. The van der Waals surface area contributed by atoms with E-state index in [0.717, 1.165) is 35.4 Å². The maximum Gasteiger partial charge on any atom is 0.241 e. The van der Waals surface area contributed by atoms with Gasteiger partial charge in [-0.3, -0.25) is 9.78 Å². The van der Waals surface area contributed by atoms with Crippen molar-refractivity contribution in [1.82, 2.24) is 9.88 Å². The topological polar surface area (TPSA) is 45.2 Å². The van der Waals surface area contributed by atoms with Crippen LogP contribution in [0.3, 0.4) is 0 Å². The van der Waals surface area contributed by atoms with Crippen LogP contribution in [0.5, 0.6) is 0 Å². The van der Waals surface area contributed by atoms with Crippen LogP contribution in [0.15, 0.2) is 30.3 Å². The molecule has 4 heteroatoms. The number of aryl methyl sites for hydroxylation is 1. The van der Waals surface area contributed by atoms with E-state index in [-0.39, 0.29) is 5.91 Å². The molecule has 0 fully saturated rings. The summed E-state index contributed by atoms with van der Waals surface area (Å²) < 4.78 is 0. The summed E-state index contributed by atoms with van der Waals surface area (Å²) in [4.78, 5) is 18.4. The Morgan fingerprint density at radius 1 is 1.25 bits per heavy atom. The first-order chi connectivity index (χ1) is 9.65. The highest BCUT2D eigenvalue weighted by Gasteiger charge is 2.10. The van der Waals surface area contributed by atoms with Crippen molar-refractivity contribution in [2.24, 2.45) is 0 Å². The first-order valence-electron chi connectivity index (χ1n) is 7.03. The Bertz CT molecular complexity index is 606. The number of para-hydroxylation sites is 1. The van der Waals surface area contributed by atoms with Crippen LogP contribution in [-0.2, 0) is 4.79 Å². The molecule has 0 unspecified atom stereocenters. The summed E-state index contributed by atoms with van der Waals surface area (Å²) in [5.74, 6) is 0.119. The van der Waals surface area contributed by atoms with Crippen molar-refractivity contribution in [3.63, 3.8) is 0 Å². The molecule has 20 heavy (non-hydrogen) atoms. The lowest BCUT2D eigenvalue weighted by Crippen LogP contribution is -2.35. The Morgan fingerprint density at radius 3 is 2.65 bits per heavy atom. The first kappa shape index (κ1) is 14.3. The van der Waals surface area contributed by atoms with Crippen molar-refractivity contribution < 1.29 is 4.79 Å². The second kappa shape index (κ2) is 6.37. The van der Waals surface area contributed by atoms with Gasteiger partial charge in [-0.05, 0) is 32.9 Å². The normalized spacial score (nSPS) is 10.6. The number of nitrogens with zero attached hydrogens (tertiary/aromatic N) is 2. The average Bonchev–Trinajstić information content (AvgIpc) is 2.45. The maximum absolute atomic E-state index is 12.0. The fourth-order valence-corrected chi connectivity index (χ4v) is 2.31. The molecular formula is C16H21N3O. The van der Waals surface area contributed by atoms with Crippen LogP contribution in [0, 0.1) is 6.92 Å². The number of hydrogen-bond donors (Lipinski definition) is 1. The smallest absolute Gasteiger partial charge is 0.241 e. The number of nitrogens with one attached hydrogen (secondary N) is 1. The fourth-order valence-electron chi connectivity index (χ4n) is 2.31. The number of likely N-dealkylation sites (N-methyl/N-ethyl adjacent to an activating group) is 1. The Balaban J connectivity index is 2.19. The van der Waals surface area contributed by atoms with Gasteiger partial charge in [0, 0.05) is 29.9 Å². The highest BCUT2D eigenvalue weighted by atomic mass is 16.2. The van der Waals surface area contributed by atoms with Gasteiger partial charge in [-0.25, -0.2) is 0 Å². The maximum atomic E-state index is 12.0. The van der Waals surface area contributed by atoms with E-state index in [1.54, 1.807) is 0 Å². The predicted octanol–water partition coefficient (Wildman–Crippen LogP) is 2.82. The molecule has 4 nitrogen and oxygen atoms in total. The van der Waals surface area contributed by atoms with E-state index < -0.39 is 0 Å². The van der Waals surface area contributed by atoms with Crippen molar-refractivity contribution in [3.8, 4) is 0 Å². The van der Waals surface area contributed by atoms with E-state index in [4.69, 9.17) is 0 Å². The van der Waals surface area contributed by atoms with Crippen LogP contribution in [0.25, 0.3) is 10.9 Å². The van der Waals surface area contributed by atoms with Gasteiger partial charge in [-0.2, -0.15) is 0 Å². The van der Waals surface area contributed by atoms with E-state index in [1.165, 1.54) is 0 Å². The van der Waals surface area contributed by atoms with Crippen LogP contribution in [-0.4, -0.2) is 35.4 Å². The summed E-state index contributed by atoms with van der Waals surface area (Å²) in [6.07, 6.45) is 0. The molecule has 0 bridgehead atoms. The highest BCUT2D eigenvalue weighted by molar-refractivity contribution is 5.93. The molecule has 0 spiro atoms. The molecule has 0 saturated heterocycles. The van der Waals surface area contributed by atoms with Gasteiger partial charge >= 0.3 is 0 Å². The molecule has 2 rings (SSSR count). The van der Waals surface area contributed by atoms with Gasteiger partial charge < -0.3 is 10.2 Å². The minimum Gasteiger partial charge on any atom is -0.376 e. The summed E-state index contributed by atoms with van der Waals surface area (Å²) in [7, 11) is 0. The number of anilines is 1. The molecule has 0 aliphatic rings. The molecule has 2 aromatic rings. The van der Waals surface area contributed by atoms with E-state index in [1.807, 2.05) is 56.0 Å². The number of carbonyl (C=O) groups is 1. The number of pyridine rings is 1. The largest absolute Gasteiger partial charge is 0.376 e. The quantitative estimate of drug-likeness (QED) is 0.909. The van der Waals surface area contributed by atoms with Gasteiger partial charge in [0.25, 0.3) is 0 Å². The Hall–Kier alpha value is -2.10. The zero-order valence-corrected chi connectivity index (χ0v) is 12.3. The van der Waals surface area contributed by atoms with E-state index in [0.29, 0.717) is 6.54 Å². The van der Waals surface area contributed by atoms with Crippen molar-refractivity contribution in [2.45, 2.75) is 20.8 Å². The molecule has 0 radical (unpaired) electrons. The number of amides is 1. The minimum absolute atomic E-state index is 0.119. The molecule has 0 aliphatic carbocycles. The number of aromatic nitrogens is 1. The van der Waals surface area contributed by atoms with E-state index >= 15 is 0 Å². The molecule has 0 atom stereocenters. The number of hydrogen-bond acceptors (Lipinski definition) is 3. The van der Waals surface area contributed by atoms with Crippen molar-refractivity contribution in [1.29, 1.82) is 0 Å². The van der Waals surface area contributed by atoms with Crippen LogP contribution < -0.4 is 5.32 Å². The minimum atomic E-state index is 0.119. The fraction of sp³-hybridized carbons (Fsp3) is 0.375. The standard InChI is InChI=1S/C16H21N3O/c1-4-19(5-2)16(20)11-17-15-10-12(3)18-14-9-7-6-8-13(14)15/h6-10H,4-5,11H2,1-3H3,(H,17,18). The summed E-state index contributed by atoms with van der Waals surface area (Å²) in [5.41, 5.74) is 2.86. The van der Waals surface area contributed by atoms with Crippen molar-refractivity contribution in [2.75, 3.05) is 25.0 Å². The van der Waals surface area contributed by atoms with E-state index in [9.17, 15) is 4.79 Å². The third-order valence-electron chi connectivity index (χ3n) is 3.39. The Labute approximate surface area is 119 Å². The first-order valence-corrected chi connectivity index (χ1v) is 7.03. The lowest BCUT2D eigenvalue weighted by atomic mass is 10.1. The molecule has 1 amide bonds. The van der Waals surface area contributed by atoms with Gasteiger partial charge in [-0.15, -0.1) is 0 Å². The number of carbonyl (C=O) groups excluding carboxylic acids is 1. The van der Waals surface area contributed by atoms with Crippen LogP contribution >= 0.6 is 0 Å². The average molecular weight is 271 g/mol. The summed E-state index contributed by atoms with van der Waals surface area (Å²) in [6.45, 7) is 7.75. The zero-order chi connectivity index (χ0) is 14.5. The van der Waals surface area contributed by atoms with Crippen molar-refractivity contribution >= 4 is 22.5 Å². The zero-order valence-electron chi connectivity index (χ0n) is 12.3. The highest BCUT2D eigenvalue weighted by Crippen LogP contribution is 2.22. The third kappa shape index (κ3) is 3.07. The monoisotopic (exact) mass is 271 g/mol. The third-order valence-corrected chi connectivity index (χ3v) is 3.39. The van der Waals surface area contributed by atoms with Gasteiger partial charge in [0.15, 0.2) is 0 Å². The molecule has 1 heterocycles. The molecule has 1 N–H and O–H groups in total. The summed E-state index contributed by atoms with van der Waals surface area (Å²) in [6, 6.07) is 9.94. The summed E-state index contributed by atoms with van der Waals surface area (Å²) >= 11 is 0. The molecule has 1 aromatic carbocycles. The van der Waals surface area contributed by atoms with Gasteiger partial charge in [0.1, 0.15) is 0 Å². The van der Waals surface area contributed by atoms with Gasteiger partial charge in [0.05, 0.1) is 12.1 Å². The lowest BCUT2D eigenvalue weighted by Gasteiger charge is -2.19. The number of fused-ring (bicyclic) bond motifs is 1. The number of benzene rings is 1. The molecule has 1 aromatic heterocycles. The van der Waals surface area contributed by atoms with Gasteiger partial charge in [0.2, 0.25) is 5.91 Å². The second-order valence-electron chi connectivity index (χ2n) is 4.75. The molecule has 0 saturated carbocycles. The van der Waals surface area contributed by atoms with Crippen LogP contribution in [0.2, 0.25) is 0 Å². The molecule has 106 valence electrons. The second-order valence-corrected chi connectivity index (χ2v) is 4.75. The number of rotatable bonds is 5.